The molecule has 0 bridgehead atoms. The van der Waals surface area contributed by atoms with Crippen LogP contribution in [0.1, 0.15) is 16.8 Å². The number of rotatable bonds is 2. The van der Waals surface area contributed by atoms with Crippen LogP contribution in [0.15, 0.2) is 24.4 Å². The van der Waals surface area contributed by atoms with E-state index in [0.29, 0.717) is 18.7 Å². The molecule has 3 rings (SSSR count). The van der Waals surface area contributed by atoms with E-state index in [9.17, 15) is 13.6 Å². The van der Waals surface area contributed by atoms with Crippen LogP contribution in [0.2, 0.25) is 0 Å². The van der Waals surface area contributed by atoms with Gasteiger partial charge in [0, 0.05) is 44.0 Å². The maximum Gasteiger partial charge on any atom is 0.257 e. The minimum absolute atomic E-state index is 0.0355. The highest BCUT2D eigenvalue weighted by Gasteiger charge is 2.28. The van der Waals surface area contributed by atoms with E-state index in [1.807, 2.05) is 0 Å². The van der Waals surface area contributed by atoms with Gasteiger partial charge in [-0.2, -0.15) is 5.10 Å². The molecular weight excluding hydrogens is 290 g/mol. The molecule has 116 valence electrons. The summed E-state index contributed by atoms with van der Waals surface area (Å²) in [5.41, 5.74) is 6.43. The summed E-state index contributed by atoms with van der Waals surface area (Å²) in [5.74, 6) is -1.65. The smallest absolute Gasteiger partial charge is 0.257 e. The number of amides is 1. The van der Waals surface area contributed by atoms with Gasteiger partial charge in [-0.1, -0.05) is 0 Å². The summed E-state index contributed by atoms with van der Waals surface area (Å²) in [6.07, 6.45) is 2.29. The summed E-state index contributed by atoms with van der Waals surface area (Å²) in [6.45, 7) is 1.04. The Morgan fingerprint density at radius 3 is 2.82 bits per heavy atom. The molecule has 22 heavy (non-hydrogen) atoms. The summed E-state index contributed by atoms with van der Waals surface area (Å²) in [5, 5.41) is 4.16. The summed E-state index contributed by atoms with van der Waals surface area (Å²) in [6, 6.07) is 3.18. The first-order chi connectivity index (χ1) is 10.5. The highest BCUT2D eigenvalue weighted by atomic mass is 19.1. The van der Waals surface area contributed by atoms with Crippen LogP contribution >= 0.6 is 0 Å². The minimum atomic E-state index is -0.745. The Labute approximate surface area is 126 Å². The normalized spacial score (nSPS) is 18.0. The van der Waals surface area contributed by atoms with E-state index >= 15 is 0 Å². The monoisotopic (exact) mass is 306 g/mol. The highest BCUT2D eigenvalue weighted by molar-refractivity contribution is 6.00. The van der Waals surface area contributed by atoms with Gasteiger partial charge in [0.25, 0.3) is 5.91 Å². The summed E-state index contributed by atoms with van der Waals surface area (Å²) in [4.78, 5) is 14.2. The molecule has 2 aromatic rings. The van der Waals surface area contributed by atoms with Gasteiger partial charge in [-0.3, -0.25) is 9.48 Å². The third kappa shape index (κ3) is 2.59. The third-order valence-electron chi connectivity index (χ3n) is 3.76. The molecule has 2 heterocycles. The summed E-state index contributed by atoms with van der Waals surface area (Å²) >= 11 is 0. The first-order valence-corrected chi connectivity index (χ1v) is 6.99. The van der Waals surface area contributed by atoms with Crippen molar-refractivity contribution in [2.45, 2.75) is 12.5 Å². The lowest BCUT2D eigenvalue weighted by molar-refractivity contribution is 0.0791. The topological polar surface area (TPSA) is 64.2 Å². The van der Waals surface area contributed by atoms with E-state index in [1.54, 1.807) is 18.1 Å². The van der Waals surface area contributed by atoms with E-state index in [2.05, 4.69) is 5.10 Å². The number of likely N-dealkylation sites (tertiary alicyclic amines) is 1. The van der Waals surface area contributed by atoms with Gasteiger partial charge < -0.3 is 10.6 Å². The fourth-order valence-electron chi connectivity index (χ4n) is 2.67. The molecule has 1 aliphatic rings. The Kier molecular flexibility index (Phi) is 3.66. The van der Waals surface area contributed by atoms with Gasteiger partial charge in [0.1, 0.15) is 17.3 Å². The second kappa shape index (κ2) is 5.49. The van der Waals surface area contributed by atoms with Crippen molar-refractivity contribution in [1.82, 2.24) is 14.7 Å². The van der Waals surface area contributed by atoms with Gasteiger partial charge in [-0.15, -0.1) is 0 Å². The zero-order valence-corrected chi connectivity index (χ0v) is 12.1. The van der Waals surface area contributed by atoms with Crippen molar-refractivity contribution in [2.24, 2.45) is 12.8 Å². The van der Waals surface area contributed by atoms with Crippen molar-refractivity contribution in [1.29, 1.82) is 0 Å². The van der Waals surface area contributed by atoms with Crippen molar-refractivity contribution in [2.75, 3.05) is 13.1 Å². The van der Waals surface area contributed by atoms with Crippen molar-refractivity contribution in [3.05, 3.63) is 41.6 Å². The minimum Gasteiger partial charge on any atom is -0.337 e. The maximum atomic E-state index is 14.0. The molecule has 1 aliphatic heterocycles. The molecule has 2 N–H and O–H groups in total. The second-order valence-electron chi connectivity index (χ2n) is 5.49. The van der Waals surface area contributed by atoms with Crippen LogP contribution in [0, 0.1) is 11.6 Å². The zero-order chi connectivity index (χ0) is 15.9. The molecule has 1 aromatic heterocycles. The Morgan fingerprint density at radius 1 is 1.41 bits per heavy atom. The van der Waals surface area contributed by atoms with Crippen LogP contribution in [-0.4, -0.2) is 39.7 Å². The molecule has 1 saturated heterocycles. The average molecular weight is 306 g/mol. The predicted molar refractivity (Wildman–Crippen MR) is 77.1 cm³/mol. The van der Waals surface area contributed by atoms with E-state index in [0.717, 1.165) is 18.6 Å². The quantitative estimate of drug-likeness (QED) is 0.915. The molecule has 0 aliphatic carbocycles. The Bertz CT molecular complexity index is 728. The van der Waals surface area contributed by atoms with Crippen molar-refractivity contribution in [3.8, 4) is 11.3 Å². The van der Waals surface area contributed by atoms with E-state index in [1.165, 1.54) is 10.7 Å². The van der Waals surface area contributed by atoms with Crippen molar-refractivity contribution < 1.29 is 13.6 Å². The number of aromatic nitrogens is 2. The van der Waals surface area contributed by atoms with Crippen LogP contribution in [-0.2, 0) is 7.05 Å². The van der Waals surface area contributed by atoms with Gasteiger partial charge >= 0.3 is 0 Å². The predicted octanol–water partition coefficient (Wildman–Crippen LogP) is 1.54. The number of carbonyl (C=O) groups is 1. The first-order valence-electron chi connectivity index (χ1n) is 6.99. The lowest BCUT2D eigenvalue weighted by Crippen LogP contribution is -2.32. The fraction of sp³-hybridized carbons (Fsp3) is 0.333. The molecule has 0 saturated carbocycles. The lowest BCUT2D eigenvalue weighted by Gasteiger charge is -2.15. The van der Waals surface area contributed by atoms with Crippen LogP contribution in [0.3, 0.4) is 0 Å². The second-order valence-corrected chi connectivity index (χ2v) is 5.49. The molecule has 1 aromatic carbocycles. The molecule has 5 nitrogen and oxygen atoms in total. The van der Waals surface area contributed by atoms with E-state index in [-0.39, 0.29) is 23.2 Å². The van der Waals surface area contributed by atoms with Gasteiger partial charge in [0.15, 0.2) is 0 Å². The number of nitrogens with zero attached hydrogens (tertiary/aromatic N) is 3. The Morgan fingerprint density at radius 2 is 2.18 bits per heavy atom. The molecule has 1 fully saturated rings. The largest absolute Gasteiger partial charge is 0.337 e. The fourth-order valence-corrected chi connectivity index (χ4v) is 2.67. The van der Waals surface area contributed by atoms with Crippen molar-refractivity contribution in [3.63, 3.8) is 0 Å². The molecule has 0 unspecified atom stereocenters. The first kappa shape index (κ1) is 14.6. The number of benzene rings is 1. The summed E-state index contributed by atoms with van der Waals surface area (Å²) < 4.78 is 28.5. The number of hydrogen-bond acceptors (Lipinski definition) is 3. The molecule has 7 heteroatoms. The number of hydrogen-bond donors (Lipinski definition) is 1. The van der Waals surface area contributed by atoms with E-state index < -0.39 is 11.6 Å². The standard InChI is InChI=1S/C15H16F2N4O/c1-20-8-12(15(22)21-5-4-10(18)7-21)14(19-20)11-3-2-9(16)6-13(11)17/h2-3,6,8,10H,4-5,7,18H2,1H3/t10-/m1/s1. The van der Waals surface area contributed by atoms with Crippen LogP contribution in [0.5, 0.6) is 0 Å². The lowest BCUT2D eigenvalue weighted by atomic mass is 10.1. The number of halogens is 2. The molecule has 1 amide bonds. The van der Waals surface area contributed by atoms with Crippen LogP contribution in [0.4, 0.5) is 8.78 Å². The Balaban J connectivity index is 2.01. The van der Waals surface area contributed by atoms with Gasteiger partial charge in [-0.25, -0.2) is 8.78 Å². The summed E-state index contributed by atoms with van der Waals surface area (Å²) in [7, 11) is 1.65. The average Bonchev–Trinajstić information content (AvgIpc) is 3.04. The number of carbonyl (C=O) groups excluding carboxylic acids is 1. The van der Waals surface area contributed by atoms with Gasteiger partial charge in [0.2, 0.25) is 0 Å². The maximum absolute atomic E-state index is 14.0. The number of nitrogens with two attached hydrogens (primary N) is 1. The van der Waals surface area contributed by atoms with Gasteiger partial charge in [0.05, 0.1) is 5.56 Å². The highest BCUT2D eigenvalue weighted by Crippen LogP contribution is 2.27. The van der Waals surface area contributed by atoms with Crippen LogP contribution in [0.25, 0.3) is 11.3 Å². The Hall–Kier alpha value is -2.28. The van der Waals surface area contributed by atoms with Crippen molar-refractivity contribution >= 4 is 5.91 Å². The molecular formula is C15H16F2N4O. The van der Waals surface area contributed by atoms with E-state index in [4.69, 9.17) is 5.73 Å². The van der Waals surface area contributed by atoms with Gasteiger partial charge in [-0.05, 0) is 18.6 Å². The SMILES string of the molecule is Cn1cc(C(=O)N2CC[C@@H](N)C2)c(-c2ccc(F)cc2F)n1. The van der Waals surface area contributed by atoms with Crippen LogP contribution < -0.4 is 5.73 Å². The molecule has 0 radical (unpaired) electrons. The zero-order valence-electron chi connectivity index (χ0n) is 12.1. The third-order valence-corrected chi connectivity index (χ3v) is 3.76. The molecule has 0 spiro atoms. The molecule has 1 atom stereocenters. The number of aryl methyl sites for hydroxylation is 1.